The molecule has 1 aliphatic carbocycles. The van der Waals surface area contributed by atoms with E-state index in [2.05, 4.69) is 10.6 Å². The van der Waals surface area contributed by atoms with Crippen molar-refractivity contribution in [3.8, 4) is 0 Å². The Labute approximate surface area is 235 Å². The minimum atomic E-state index is -1.46. The molecule has 0 bridgehead atoms. The summed E-state index contributed by atoms with van der Waals surface area (Å²) in [6.45, 7) is 7.73. The Balaban J connectivity index is 1.71. The summed E-state index contributed by atoms with van der Waals surface area (Å²) in [6, 6.07) is 5.32. The highest BCUT2D eigenvalue weighted by atomic mass is 35.5. The van der Waals surface area contributed by atoms with E-state index in [0.717, 1.165) is 11.8 Å². The topological polar surface area (TPSA) is 78.4 Å². The second-order valence-electron chi connectivity index (χ2n) is 12.2. The van der Waals surface area contributed by atoms with Crippen LogP contribution in [0.25, 0.3) is 0 Å². The quantitative estimate of drug-likeness (QED) is 0.429. The summed E-state index contributed by atoms with van der Waals surface area (Å²) in [4.78, 5) is 28.4. The lowest BCUT2D eigenvalue weighted by atomic mass is 9.62. The first-order valence-electron chi connectivity index (χ1n) is 12.6. The Kier molecular flexibility index (Phi) is 6.92. The van der Waals surface area contributed by atoms with Gasteiger partial charge in [-0.05, 0) is 60.9 Å². The van der Waals surface area contributed by atoms with E-state index in [9.17, 15) is 19.1 Å². The summed E-state index contributed by atoms with van der Waals surface area (Å²) in [6.07, 6.45) is 1.22. The van der Waals surface area contributed by atoms with Crippen LogP contribution in [0.2, 0.25) is 10.0 Å². The van der Waals surface area contributed by atoms with E-state index in [1.54, 1.807) is 13.0 Å². The van der Waals surface area contributed by atoms with Crippen molar-refractivity contribution < 1.29 is 23.5 Å². The van der Waals surface area contributed by atoms with Gasteiger partial charge in [-0.25, -0.2) is 8.78 Å². The zero-order valence-electron chi connectivity index (χ0n) is 21.5. The lowest BCUT2D eigenvalue weighted by Gasteiger charge is -2.42. The fraction of sp³-hybridized carbons (Fsp3) is 0.500. The molecule has 5 rings (SSSR count). The van der Waals surface area contributed by atoms with Crippen LogP contribution < -0.4 is 10.6 Å². The van der Waals surface area contributed by atoms with Crippen LogP contribution in [0.15, 0.2) is 35.2 Å². The third kappa shape index (κ3) is 4.56. The molecule has 1 spiro atoms. The van der Waals surface area contributed by atoms with Gasteiger partial charge in [0.15, 0.2) is 0 Å². The number of hydrogen-bond acceptors (Lipinski definition) is 5. The second-order valence-corrected chi connectivity index (χ2v) is 14.0. The van der Waals surface area contributed by atoms with Gasteiger partial charge in [0.05, 0.1) is 27.1 Å². The van der Waals surface area contributed by atoms with Crippen LogP contribution in [0.5, 0.6) is 0 Å². The standard InChI is InChI=1S/C28H30Cl2F2N2O3S/c1-26(2,3)12-20-28(15-8-18(31)17(30)9-19(15)38-25(28)36)21(14-6-5-7-16(29)22(14)32)23(34-20)24(35)33-13-10-27(4,37)11-13/h5-9,13,20-21,23,34,37H,10-12H2,1-4H3,(H,33,35)/t13?,20-,21+,23-,27?,28+/m1/s1. The number of thioether (sulfide) groups is 1. The number of hydrogen-bond donors (Lipinski definition) is 3. The van der Waals surface area contributed by atoms with Crippen molar-refractivity contribution >= 4 is 46.0 Å². The summed E-state index contributed by atoms with van der Waals surface area (Å²) < 4.78 is 30.7. The molecule has 1 saturated carbocycles. The van der Waals surface area contributed by atoms with Crippen molar-refractivity contribution in [2.75, 3.05) is 0 Å². The molecule has 0 aromatic heterocycles. The zero-order valence-corrected chi connectivity index (χ0v) is 23.8. The lowest BCUT2D eigenvalue weighted by molar-refractivity contribution is -0.127. The first-order valence-corrected chi connectivity index (χ1v) is 14.2. The molecule has 204 valence electrons. The van der Waals surface area contributed by atoms with Crippen molar-refractivity contribution in [1.82, 2.24) is 10.6 Å². The van der Waals surface area contributed by atoms with Crippen molar-refractivity contribution in [3.63, 3.8) is 0 Å². The molecule has 1 saturated heterocycles. The first kappa shape index (κ1) is 27.8. The number of benzene rings is 2. The Morgan fingerprint density at radius 1 is 1.21 bits per heavy atom. The van der Waals surface area contributed by atoms with Crippen LogP contribution in [0.3, 0.4) is 0 Å². The molecule has 2 aromatic carbocycles. The Morgan fingerprint density at radius 3 is 2.53 bits per heavy atom. The monoisotopic (exact) mass is 582 g/mol. The maximum Gasteiger partial charge on any atom is 0.238 e. The average Bonchev–Trinajstić information content (AvgIpc) is 3.24. The van der Waals surface area contributed by atoms with E-state index in [1.165, 1.54) is 24.3 Å². The third-order valence-corrected chi connectivity index (χ3v) is 9.56. The van der Waals surface area contributed by atoms with Gasteiger partial charge in [0.2, 0.25) is 11.0 Å². The van der Waals surface area contributed by atoms with E-state index >= 15 is 4.39 Å². The molecule has 0 radical (unpaired) electrons. The lowest BCUT2D eigenvalue weighted by Crippen LogP contribution is -2.57. The summed E-state index contributed by atoms with van der Waals surface area (Å²) in [5.41, 5.74) is -2.11. The van der Waals surface area contributed by atoms with Gasteiger partial charge in [0.25, 0.3) is 0 Å². The van der Waals surface area contributed by atoms with Crippen molar-refractivity contribution in [2.45, 2.75) is 86.9 Å². The van der Waals surface area contributed by atoms with Gasteiger partial charge in [-0.15, -0.1) is 0 Å². The highest BCUT2D eigenvalue weighted by molar-refractivity contribution is 8.14. The van der Waals surface area contributed by atoms with Gasteiger partial charge in [0.1, 0.15) is 11.6 Å². The van der Waals surface area contributed by atoms with Gasteiger partial charge in [-0.2, -0.15) is 0 Å². The van der Waals surface area contributed by atoms with E-state index < -0.39 is 46.6 Å². The molecule has 0 unspecified atom stereocenters. The minimum Gasteiger partial charge on any atom is -0.390 e. The Morgan fingerprint density at radius 2 is 1.89 bits per heavy atom. The molecular formula is C28H30Cl2F2N2O3S. The van der Waals surface area contributed by atoms with Crippen LogP contribution in [0.4, 0.5) is 8.78 Å². The zero-order chi connectivity index (χ0) is 27.8. The second kappa shape index (κ2) is 9.44. The van der Waals surface area contributed by atoms with Gasteiger partial charge in [-0.3, -0.25) is 9.59 Å². The van der Waals surface area contributed by atoms with Gasteiger partial charge in [-0.1, -0.05) is 67.9 Å². The van der Waals surface area contributed by atoms with Crippen molar-refractivity contribution in [1.29, 1.82) is 0 Å². The minimum absolute atomic E-state index is 0.110. The van der Waals surface area contributed by atoms with Crippen LogP contribution in [0.1, 0.15) is 64.0 Å². The summed E-state index contributed by atoms with van der Waals surface area (Å²) in [5.74, 6) is -2.84. The highest BCUT2D eigenvalue weighted by Gasteiger charge is 2.66. The van der Waals surface area contributed by atoms with Crippen molar-refractivity contribution in [2.24, 2.45) is 5.41 Å². The molecule has 2 aromatic rings. The molecule has 5 nitrogen and oxygen atoms in total. The number of fused-ring (bicyclic) bond motifs is 2. The Hall–Kier alpha value is -1.71. The van der Waals surface area contributed by atoms with E-state index in [4.69, 9.17) is 23.2 Å². The molecule has 10 heteroatoms. The van der Waals surface area contributed by atoms with E-state index in [-0.39, 0.29) is 32.2 Å². The predicted octanol–water partition coefficient (Wildman–Crippen LogP) is 5.73. The average molecular weight is 584 g/mol. The molecule has 3 N–H and O–H groups in total. The highest BCUT2D eigenvalue weighted by Crippen LogP contribution is 2.60. The molecular weight excluding hydrogens is 553 g/mol. The smallest absolute Gasteiger partial charge is 0.238 e. The number of amides is 1. The number of nitrogens with one attached hydrogen (secondary N) is 2. The number of halogens is 4. The fourth-order valence-corrected chi connectivity index (χ4v) is 8.09. The van der Waals surface area contributed by atoms with Gasteiger partial charge >= 0.3 is 0 Å². The van der Waals surface area contributed by atoms with Crippen LogP contribution in [-0.2, 0) is 15.0 Å². The molecule has 2 aliphatic heterocycles. The number of aliphatic hydroxyl groups is 1. The Bertz CT molecular complexity index is 1320. The fourth-order valence-electron chi connectivity index (χ4n) is 6.42. The van der Waals surface area contributed by atoms with Crippen LogP contribution >= 0.6 is 35.0 Å². The third-order valence-electron chi connectivity index (χ3n) is 7.90. The molecule has 38 heavy (non-hydrogen) atoms. The van der Waals surface area contributed by atoms with Crippen LogP contribution in [-0.4, -0.2) is 39.9 Å². The van der Waals surface area contributed by atoms with Gasteiger partial charge in [0, 0.05) is 22.9 Å². The van der Waals surface area contributed by atoms with E-state index in [1.807, 2.05) is 20.8 Å². The maximum absolute atomic E-state index is 15.7. The van der Waals surface area contributed by atoms with Crippen molar-refractivity contribution in [3.05, 3.63) is 63.1 Å². The largest absolute Gasteiger partial charge is 0.390 e. The number of carbonyl (C=O) groups excluding carboxylic acids is 2. The summed E-state index contributed by atoms with van der Waals surface area (Å²) in [7, 11) is 0. The predicted molar refractivity (Wildman–Crippen MR) is 145 cm³/mol. The number of rotatable bonds is 4. The molecule has 1 amide bonds. The molecule has 3 aliphatic rings. The van der Waals surface area contributed by atoms with Gasteiger partial charge < -0.3 is 15.7 Å². The normalized spacial score (nSPS) is 32.4. The maximum atomic E-state index is 15.7. The SMILES string of the molecule is CC(C)(C)C[C@H]1N[C@@H](C(=O)NC2CC(C)(O)C2)[C@H](c2cccc(Cl)c2F)[C@@]12C(=O)Sc1cc(Cl)c(F)cc12. The molecule has 2 fully saturated rings. The first-order chi connectivity index (χ1) is 17.6. The van der Waals surface area contributed by atoms with Crippen LogP contribution in [0, 0.1) is 17.0 Å². The molecule has 4 atom stereocenters. The van der Waals surface area contributed by atoms with E-state index in [0.29, 0.717) is 29.7 Å². The summed E-state index contributed by atoms with van der Waals surface area (Å²) >= 11 is 13.2. The molecule has 2 heterocycles. The summed E-state index contributed by atoms with van der Waals surface area (Å²) in [5, 5.41) is 16.0. The number of carbonyl (C=O) groups is 2.